The molecule has 0 spiro atoms. The molecule has 3 aliphatic rings. The Morgan fingerprint density at radius 3 is 2.55 bits per heavy atom. The summed E-state index contributed by atoms with van der Waals surface area (Å²) in [7, 11) is 0. The highest BCUT2D eigenvalue weighted by atomic mass is 32.1. The molecule has 5 rings (SSSR count). The van der Waals surface area contributed by atoms with Crippen molar-refractivity contribution in [1.82, 2.24) is 14.9 Å². The Bertz CT molecular complexity index is 1060. The maximum atomic E-state index is 12.5. The van der Waals surface area contributed by atoms with E-state index in [-0.39, 0.29) is 48.2 Å². The van der Waals surface area contributed by atoms with Gasteiger partial charge in [-0.3, -0.25) is 24.1 Å². The zero-order valence-corrected chi connectivity index (χ0v) is 16.7. The number of aromatic amines is 1. The maximum absolute atomic E-state index is 12.5. The Kier molecular flexibility index (Phi) is 4.49. The summed E-state index contributed by atoms with van der Waals surface area (Å²) in [6.45, 7) is -0.583. The van der Waals surface area contributed by atoms with Crippen LogP contribution in [0.15, 0.2) is 4.79 Å². The van der Waals surface area contributed by atoms with Crippen LogP contribution in [0.25, 0.3) is 10.2 Å². The van der Waals surface area contributed by atoms with Crippen LogP contribution in [0.3, 0.4) is 0 Å². The highest BCUT2D eigenvalue weighted by Gasteiger charge is 2.48. The van der Waals surface area contributed by atoms with Crippen molar-refractivity contribution >= 4 is 39.3 Å². The number of amides is 2. The lowest BCUT2D eigenvalue weighted by molar-refractivity contribution is -0.154. The number of nitrogens with zero attached hydrogens (tertiary/aromatic N) is 2. The standard InChI is InChI=1S/C20H21N3O5S/c24-15(8-23-19(26)10-4-1-2-5-11(10)20(23)27)28-9-14-21-17(25)16-12-6-3-7-13(12)29-18(16)22-14/h10-11H,1-9H2,(H,21,22,25)/t10-,11+. The molecule has 2 amide bonds. The Hall–Kier alpha value is -2.55. The number of hydrogen-bond donors (Lipinski definition) is 1. The lowest BCUT2D eigenvalue weighted by Crippen LogP contribution is -2.36. The Labute approximate surface area is 170 Å². The quantitative estimate of drug-likeness (QED) is 0.601. The Balaban J connectivity index is 1.26. The zero-order valence-electron chi connectivity index (χ0n) is 15.9. The summed E-state index contributed by atoms with van der Waals surface area (Å²) >= 11 is 1.52. The number of rotatable bonds is 4. The van der Waals surface area contributed by atoms with Crippen molar-refractivity contribution < 1.29 is 19.1 Å². The van der Waals surface area contributed by atoms with Gasteiger partial charge in [0.15, 0.2) is 0 Å². The van der Waals surface area contributed by atoms with Gasteiger partial charge in [0.05, 0.1) is 17.2 Å². The van der Waals surface area contributed by atoms with Gasteiger partial charge in [-0.05, 0) is 37.7 Å². The number of fused-ring (bicyclic) bond motifs is 4. The first-order chi connectivity index (χ1) is 14.0. The number of aromatic nitrogens is 2. The second-order valence-corrected chi connectivity index (χ2v) is 9.05. The minimum Gasteiger partial charge on any atom is -0.456 e. The molecular weight excluding hydrogens is 394 g/mol. The summed E-state index contributed by atoms with van der Waals surface area (Å²) in [5.74, 6) is -1.52. The fourth-order valence-electron chi connectivity index (χ4n) is 4.83. The van der Waals surface area contributed by atoms with Crippen molar-refractivity contribution in [3.05, 3.63) is 26.6 Å². The number of hydrogen-bond acceptors (Lipinski definition) is 7. The molecule has 2 fully saturated rings. The first-order valence-electron chi connectivity index (χ1n) is 10.1. The molecule has 9 heteroatoms. The van der Waals surface area contributed by atoms with Crippen LogP contribution in [-0.4, -0.2) is 39.2 Å². The van der Waals surface area contributed by atoms with Crippen molar-refractivity contribution in [2.75, 3.05) is 6.54 Å². The Morgan fingerprint density at radius 2 is 1.83 bits per heavy atom. The van der Waals surface area contributed by atoms with Gasteiger partial charge in [0, 0.05) is 4.88 Å². The van der Waals surface area contributed by atoms with Crippen molar-refractivity contribution in [3.63, 3.8) is 0 Å². The molecule has 1 saturated heterocycles. The third-order valence-electron chi connectivity index (χ3n) is 6.21. The highest BCUT2D eigenvalue weighted by Crippen LogP contribution is 2.38. The van der Waals surface area contributed by atoms with Crippen LogP contribution in [0, 0.1) is 11.8 Å². The van der Waals surface area contributed by atoms with E-state index in [2.05, 4.69) is 9.97 Å². The first kappa shape index (κ1) is 18.5. The molecule has 0 unspecified atom stereocenters. The number of thiophene rings is 1. The SMILES string of the molecule is O=C(CN1C(=O)[C@H]2CCCC[C@H]2C1=O)OCc1nc2sc3c(c2c(=O)[nH]1)CCC3. The largest absolute Gasteiger partial charge is 0.456 e. The van der Waals surface area contributed by atoms with Gasteiger partial charge >= 0.3 is 5.97 Å². The number of ether oxygens (including phenoxy) is 1. The molecule has 2 aliphatic carbocycles. The predicted octanol–water partition coefficient (Wildman–Crippen LogP) is 1.69. The lowest BCUT2D eigenvalue weighted by atomic mass is 9.81. The monoisotopic (exact) mass is 415 g/mol. The average molecular weight is 415 g/mol. The van der Waals surface area contributed by atoms with E-state index in [1.54, 1.807) is 0 Å². The third-order valence-corrected chi connectivity index (χ3v) is 7.40. The summed E-state index contributed by atoms with van der Waals surface area (Å²) in [5, 5.41) is 0.647. The zero-order chi connectivity index (χ0) is 20.1. The highest BCUT2D eigenvalue weighted by molar-refractivity contribution is 7.18. The normalized spacial score (nSPS) is 23.5. The van der Waals surface area contributed by atoms with Gasteiger partial charge in [-0.1, -0.05) is 12.8 Å². The number of aryl methyl sites for hydroxylation is 2. The van der Waals surface area contributed by atoms with Gasteiger partial charge < -0.3 is 9.72 Å². The van der Waals surface area contributed by atoms with Gasteiger partial charge in [-0.15, -0.1) is 11.3 Å². The molecule has 0 radical (unpaired) electrons. The molecule has 1 saturated carbocycles. The van der Waals surface area contributed by atoms with E-state index in [1.807, 2.05) is 0 Å². The van der Waals surface area contributed by atoms with Crippen molar-refractivity contribution in [1.29, 1.82) is 0 Å². The van der Waals surface area contributed by atoms with Gasteiger partial charge in [0.1, 0.15) is 23.8 Å². The smallest absolute Gasteiger partial charge is 0.326 e. The van der Waals surface area contributed by atoms with Crippen molar-refractivity contribution in [2.45, 2.75) is 51.6 Å². The molecular formula is C20H21N3O5S. The molecule has 8 nitrogen and oxygen atoms in total. The fraction of sp³-hybridized carbons (Fsp3) is 0.550. The summed E-state index contributed by atoms with van der Waals surface area (Å²) in [5.41, 5.74) is 0.879. The summed E-state index contributed by atoms with van der Waals surface area (Å²) < 4.78 is 5.21. The molecule has 3 heterocycles. The number of imide groups is 1. The average Bonchev–Trinajstić information content (AvgIpc) is 3.35. The number of nitrogens with one attached hydrogen (secondary N) is 1. The molecule has 29 heavy (non-hydrogen) atoms. The molecule has 0 bridgehead atoms. The Morgan fingerprint density at radius 1 is 1.10 bits per heavy atom. The van der Waals surface area contributed by atoms with Crippen LogP contribution in [0.5, 0.6) is 0 Å². The van der Waals surface area contributed by atoms with E-state index >= 15 is 0 Å². The minimum atomic E-state index is -0.679. The van der Waals surface area contributed by atoms with Crippen LogP contribution in [0.4, 0.5) is 0 Å². The molecule has 2 atom stereocenters. The minimum absolute atomic E-state index is 0.199. The maximum Gasteiger partial charge on any atom is 0.326 e. The van der Waals surface area contributed by atoms with E-state index in [9.17, 15) is 19.2 Å². The topological polar surface area (TPSA) is 109 Å². The number of H-pyrrole nitrogens is 1. The summed E-state index contributed by atoms with van der Waals surface area (Å²) in [4.78, 5) is 59.6. The fourth-order valence-corrected chi connectivity index (χ4v) is 6.11. The molecule has 1 aliphatic heterocycles. The van der Waals surface area contributed by atoms with Crippen LogP contribution in [-0.2, 0) is 38.6 Å². The summed E-state index contributed by atoms with van der Waals surface area (Å²) in [6.07, 6.45) is 6.21. The predicted molar refractivity (Wildman–Crippen MR) is 104 cm³/mol. The van der Waals surface area contributed by atoms with Gasteiger partial charge in [-0.25, -0.2) is 4.98 Å². The van der Waals surface area contributed by atoms with E-state index < -0.39 is 5.97 Å². The van der Waals surface area contributed by atoms with Gasteiger partial charge in [-0.2, -0.15) is 0 Å². The third kappa shape index (κ3) is 3.08. The van der Waals surface area contributed by atoms with Gasteiger partial charge in [0.2, 0.25) is 11.8 Å². The van der Waals surface area contributed by atoms with E-state index in [0.717, 1.165) is 42.6 Å². The van der Waals surface area contributed by atoms with E-state index in [0.29, 0.717) is 23.1 Å². The number of carbonyl (C=O) groups excluding carboxylic acids is 3. The van der Waals surface area contributed by atoms with E-state index in [1.165, 1.54) is 16.2 Å². The molecule has 2 aromatic heterocycles. The van der Waals surface area contributed by atoms with Gasteiger partial charge in [0.25, 0.3) is 5.56 Å². The molecule has 0 aromatic carbocycles. The summed E-state index contributed by atoms with van der Waals surface area (Å²) in [6, 6.07) is 0. The van der Waals surface area contributed by atoms with E-state index in [4.69, 9.17) is 4.74 Å². The number of esters is 1. The van der Waals surface area contributed by atoms with Crippen LogP contribution in [0.2, 0.25) is 0 Å². The van der Waals surface area contributed by atoms with Crippen molar-refractivity contribution in [2.24, 2.45) is 11.8 Å². The number of carbonyl (C=O) groups is 3. The molecule has 2 aromatic rings. The second kappa shape index (κ2) is 7.05. The second-order valence-electron chi connectivity index (χ2n) is 7.97. The van der Waals surface area contributed by atoms with Crippen LogP contribution < -0.4 is 5.56 Å². The number of likely N-dealkylation sites (tertiary alicyclic amines) is 1. The first-order valence-corrected chi connectivity index (χ1v) is 10.9. The molecule has 1 N–H and O–H groups in total. The lowest BCUT2D eigenvalue weighted by Gasteiger charge is -2.19. The van der Waals surface area contributed by atoms with Crippen molar-refractivity contribution in [3.8, 4) is 0 Å². The molecule has 152 valence electrons. The van der Waals surface area contributed by atoms with Crippen LogP contribution >= 0.6 is 11.3 Å². The van der Waals surface area contributed by atoms with Crippen LogP contribution in [0.1, 0.15) is 48.4 Å².